The van der Waals surface area contributed by atoms with E-state index in [9.17, 15) is 0 Å². The molecule has 1 aromatic rings. The minimum atomic E-state index is 0.151. The zero-order chi connectivity index (χ0) is 9.84. The molecule has 1 rings (SSSR count). The van der Waals surface area contributed by atoms with Crippen molar-refractivity contribution < 1.29 is 19.8 Å². The van der Waals surface area contributed by atoms with Gasteiger partial charge < -0.3 is 14.6 Å². The van der Waals surface area contributed by atoms with Crippen LogP contribution in [0.25, 0.3) is 0 Å². The van der Waals surface area contributed by atoms with E-state index < -0.39 is 0 Å². The largest absolute Gasteiger partial charge is 0.591 e. The highest BCUT2D eigenvalue weighted by Gasteiger charge is 2.14. The van der Waals surface area contributed by atoms with E-state index in [4.69, 9.17) is 19.8 Å². The van der Waals surface area contributed by atoms with Gasteiger partial charge in [0.1, 0.15) is 0 Å². The second-order valence-electron chi connectivity index (χ2n) is 2.37. The van der Waals surface area contributed by atoms with Gasteiger partial charge in [-0.1, -0.05) is 0 Å². The molecule has 0 atom stereocenters. The summed E-state index contributed by atoms with van der Waals surface area (Å²) in [5.41, 5.74) is 2.33. The summed E-state index contributed by atoms with van der Waals surface area (Å²) in [6.07, 6.45) is 0. The molecule has 13 heavy (non-hydrogen) atoms. The van der Waals surface area contributed by atoms with E-state index in [1.165, 1.54) is 26.4 Å². The van der Waals surface area contributed by atoms with Crippen LogP contribution >= 0.6 is 0 Å². The Labute approximate surface area is 75.5 Å². The van der Waals surface area contributed by atoms with Gasteiger partial charge in [-0.15, -0.1) is 0 Å². The Morgan fingerprint density at radius 1 is 1.31 bits per heavy atom. The van der Waals surface area contributed by atoms with E-state index >= 15 is 0 Å². The maximum absolute atomic E-state index is 8.62. The molecule has 5 heteroatoms. The van der Waals surface area contributed by atoms with Crippen molar-refractivity contribution in [1.82, 2.24) is 0 Å². The van der Waals surface area contributed by atoms with Crippen molar-refractivity contribution in [2.75, 3.05) is 19.7 Å². The first-order valence-corrected chi connectivity index (χ1v) is 3.60. The standard InChI is InChI=1S/C8H11NO4/c1-12-7-4-5(9-11)3-6(10)8(7)13-2/h3-4,9-11H,1-2H3/p+1. The van der Waals surface area contributed by atoms with Crippen molar-refractivity contribution in [1.29, 1.82) is 0 Å². The lowest BCUT2D eigenvalue weighted by molar-refractivity contribution is 0.331. The molecule has 0 bridgehead atoms. The molecule has 0 heterocycles. The van der Waals surface area contributed by atoms with Crippen molar-refractivity contribution in [2.45, 2.75) is 0 Å². The predicted octanol–water partition coefficient (Wildman–Crippen LogP) is 0.943. The van der Waals surface area contributed by atoms with Crippen LogP contribution in [-0.4, -0.2) is 24.5 Å². The van der Waals surface area contributed by atoms with E-state index in [-0.39, 0.29) is 5.75 Å². The number of benzene rings is 1. The summed E-state index contributed by atoms with van der Waals surface area (Å²) >= 11 is 0. The summed E-state index contributed by atoms with van der Waals surface area (Å²) in [6.45, 7) is 0. The van der Waals surface area contributed by atoms with Gasteiger partial charge in [0, 0.05) is 6.07 Å². The van der Waals surface area contributed by atoms with E-state index in [0.717, 1.165) is 0 Å². The lowest BCUT2D eigenvalue weighted by Gasteiger charge is -2.08. The first-order valence-electron chi connectivity index (χ1n) is 3.60. The number of nitrogens with one attached hydrogen (secondary N) is 1. The van der Waals surface area contributed by atoms with Gasteiger partial charge in [0.25, 0.3) is 5.75 Å². The molecule has 0 saturated carbocycles. The molecule has 0 aliphatic rings. The summed E-state index contributed by atoms with van der Waals surface area (Å²) in [5, 5.41) is 16.1. The Balaban J connectivity index is 3.20. The summed E-state index contributed by atoms with van der Waals surface area (Å²) in [7, 11) is 2.93. The van der Waals surface area contributed by atoms with E-state index in [1.54, 1.807) is 0 Å². The summed E-state index contributed by atoms with van der Waals surface area (Å²) in [5.74, 6) is 0.909. The number of ether oxygens (including phenoxy) is 2. The van der Waals surface area contributed by atoms with Gasteiger partial charge in [-0.05, 0) is 0 Å². The van der Waals surface area contributed by atoms with E-state index in [0.29, 0.717) is 17.2 Å². The molecule has 0 fully saturated rings. The molecule has 0 aliphatic heterocycles. The monoisotopic (exact) mass is 186 g/mol. The van der Waals surface area contributed by atoms with Gasteiger partial charge in [-0.2, -0.15) is 0 Å². The van der Waals surface area contributed by atoms with Crippen LogP contribution < -0.4 is 15.0 Å². The number of hydrogen-bond donors (Lipinski definition) is 2. The van der Waals surface area contributed by atoms with Crippen LogP contribution in [0.1, 0.15) is 0 Å². The molecule has 5 nitrogen and oxygen atoms in total. The van der Waals surface area contributed by atoms with Gasteiger partial charge >= 0.3 is 5.75 Å². The first-order chi connectivity index (χ1) is 6.22. The molecule has 0 saturated heterocycles. The van der Waals surface area contributed by atoms with Gasteiger partial charge in [-0.3, -0.25) is 10.7 Å². The average molecular weight is 186 g/mol. The minimum absolute atomic E-state index is 0.151. The topological polar surface area (TPSA) is 73.6 Å². The van der Waals surface area contributed by atoms with Crippen molar-refractivity contribution in [3.05, 3.63) is 12.1 Å². The third kappa shape index (κ3) is 1.75. The molecule has 72 valence electrons. The fourth-order valence-corrected chi connectivity index (χ4v) is 1.03. The fourth-order valence-electron chi connectivity index (χ4n) is 1.03. The van der Waals surface area contributed by atoms with Crippen LogP contribution in [0.4, 0.5) is 5.69 Å². The molecular formula is C8H12NO4+. The van der Waals surface area contributed by atoms with Crippen molar-refractivity contribution >= 4 is 5.69 Å². The summed E-state index contributed by atoms with van der Waals surface area (Å²) in [6, 6.07) is 2.97. The molecule has 4 N–H and O–H groups in total. The fraction of sp³-hybridized carbons (Fsp3) is 0.250. The quantitative estimate of drug-likeness (QED) is 0.544. The molecule has 0 spiro atoms. The summed E-state index contributed by atoms with van der Waals surface area (Å²) < 4.78 is 9.91. The summed E-state index contributed by atoms with van der Waals surface area (Å²) in [4.78, 5) is 0. The second kappa shape index (κ2) is 3.86. The van der Waals surface area contributed by atoms with Crippen LogP contribution in [0.3, 0.4) is 0 Å². The Morgan fingerprint density at radius 3 is 2.46 bits per heavy atom. The van der Waals surface area contributed by atoms with Crippen molar-refractivity contribution in [3.8, 4) is 17.2 Å². The molecule has 0 amide bonds. The Kier molecular flexibility index (Phi) is 2.81. The lowest BCUT2D eigenvalue weighted by atomic mass is 10.2. The number of hydrogen-bond acceptors (Lipinski definition) is 4. The van der Waals surface area contributed by atoms with Crippen molar-refractivity contribution in [2.24, 2.45) is 0 Å². The smallest absolute Gasteiger partial charge is 0.303 e. The highest BCUT2D eigenvalue weighted by atomic mass is 16.5. The second-order valence-corrected chi connectivity index (χ2v) is 2.37. The van der Waals surface area contributed by atoms with Gasteiger partial charge in [0.05, 0.1) is 26.0 Å². The Morgan fingerprint density at radius 2 is 2.00 bits per heavy atom. The van der Waals surface area contributed by atoms with Crippen LogP contribution in [-0.2, 0) is 0 Å². The first kappa shape index (κ1) is 9.47. The number of rotatable bonds is 3. The Bertz CT molecular complexity index is 300. The lowest BCUT2D eigenvalue weighted by Crippen LogP contribution is -1.94. The molecule has 0 unspecified atom stereocenters. The van der Waals surface area contributed by atoms with Crippen LogP contribution in [0.15, 0.2) is 12.1 Å². The average Bonchev–Trinajstić information content (AvgIpc) is 2.16. The van der Waals surface area contributed by atoms with Gasteiger partial charge in [-0.25, -0.2) is 0 Å². The number of anilines is 1. The van der Waals surface area contributed by atoms with Gasteiger partial charge in [0.15, 0.2) is 5.75 Å². The van der Waals surface area contributed by atoms with Gasteiger partial charge in [0.2, 0.25) is 0 Å². The van der Waals surface area contributed by atoms with Crippen LogP contribution in [0.5, 0.6) is 17.2 Å². The molecule has 0 radical (unpaired) electrons. The third-order valence-corrected chi connectivity index (χ3v) is 1.61. The Hall–Kier alpha value is -1.62. The highest BCUT2D eigenvalue weighted by Crippen LogP contribution is 2.38. The molecule has 0 aromatic heterocycles. The predicted molar refractivity (Wildman–Crippen MR) is 48.0 cm³/mol. The normalized spacial score (nSPS) is 9.46. The van der Waals surface area contributed by atoms with E-state index in [2.05, 4.69) is 0 Å². The molecule has 0 aliphatic carbocycles. The number of methoxy groups -OCH3 is 2. The van der Waals surface area contributed by atoms with Crippen molar-refractivity contribution in [3.63, 3.8) is 0 Å². The molecular weight excluding hydrogens is 174 g/mol. The zero-order valence-corrected chi connectivity index (χ0v) is 7.42. The van der Waals surface area contributed by atoms with Crippen LogP contribution in [0.2, 0.25) is 0 Å². The van der Waals surface area contributed by atoms with Crippen LogP contribution in [0, 0.1) is 0 Å². The van der Waals surface area contributed by atoms with E-state index in [1.807, 2.05) is 5.48 Å². The minimum Gasteiger partial charge on any atom is -0.591 e. The maximum Gasteiger partial charge on any atom is 0.303 e. The highest BCUT2D eigenvalue weighted by molar-refractivity contribution is 5.61. The zero-order valence-electron chi connectivity index (χ0n) is 7.42. The SMILES string of the molecule is COc1cc(NO)cc([OH2+])c1OC. The third-order valence-electron chi connectivity index (χ3n) is 1.61. The molecule has 1 aromatic carbocycles. The maximum atomic E-state index is 8.62.